The Morgan fingerprint density at radius 2 is 1.06 bits per heavy atom. The first-order valence-electron chi connectivity index (χ1n) is 7.47. The number of rotatable bonds is 13. The highest BCUT2D eigenvalue weighted by Crippen LogP contribution is 2.10. The van der Waals surface area contributed by atoms with E-state index in [9.17, 15) is 0 Å². The third kappa shape index (κ3) is 15.5. The van der Waals surface area contributed by atoms with Gasteiger partial charge in [-0.2, -0.15) is 0 Å². The fourth-order valence-electron chi connectivity index (χ4n) is 1.93. The summed E-state index contributed by atoms with van der Waals surface area (Å²) >= 11 is 0. The van der Waals surface area contributed by atoms with Crippen molar-refractivity contribution in [2.24, 2.45) is 0 Å². The molecule has 0 saturated heterocycles. The molecule has 0 bridgehead atoms. The van der Waals surface area contributed by atoms with E-state index in [1.54, 1.807) is 0 Å². The van der Waals surface area contributed by atoms with Gasteiger partial charge in [-0.05, 0) is 38.5 Å². The molecule has 0 aromatic heterocycles. The molecule has 99 valence electrons. The Hall–Kier alpha value is -0.520. The highest BCUT2D eigenvalue weighted by molar-refractivity contribution is 4.81. The summed E-state index contributed by atoms with van der Waals surface area (Å²) in [5.74, 6) is 0. The van der Waals surface area contributed by atoms with Gasteiger partial charge in [-0.25, -0.2) is 0 Å². The second kappa shape index (κ2) is 15.5. The SMILES string of the molecule is [CH2]CCC/C=C/CCCCCCCCCC=C. The maximum absolute atomic E-state index is 3.84. The van der Waals surface area contributed by atoms with E-state index in [1.165, 1.54) is 70.6 Å². The van der Waals surface area contributed by atoms with Crippen molar-refractivity contribution in [1.29, 1.82) is 0 Å². The van der Waals surface area contributed by atoms with Gasteiger partial charge in [0.25, 0.3) is 0 Å². The summed E-state index contributed by atoms with van der Waals surface area (Å²) in [7, 11) is 0. The van der Waals surface area contributed by atoms with Crippen LogP contribution < -0.4 is 0 Å². The minimum absolute atomic E-state index is 1.07. The van der Waals surface area contributed by atoms with E-state index >= 15 is 0 Å². The van der Waals surface area contributed by atoms with Gasteiger partial charge in [-0.1, -0.05) is 63.7 Å². The Balaban J connectivity index is 2.98. The van der Waals surface area contributed by atoms with Crippen LogP contribution in [-0.4, -0.2) is 0 Å². The topological polar surface area (TPSA) is 0 Å². The van der Waals surface area contributed by atoms with Gasteiger partial charge in [-0.3, -0.25) is 0 Å². The first-order chi connectivity index (χ1) is 8.41. The number of hydrogen-bond donors (Lipinski definition) is 0. The lowest BCUT2D eigenvalue weighted by Crippen LogP contribution is -1.80. The summed E-state index contributed by atoms with van der Waals surface area (Å²) in [6.45, 7) is 7.59. The van der Waals surface area contributed by atoms with E-state index in [2.05, 4.69) is 25.7 Å². The predicted octanol–water partition coefficient (Wildman–Crippen LogP) is 6.24. The molecule has 0 aromatic carbocycles. The molecule has 0 fully saturated rings. The average molecular weight is 235 g/mol. The van der Waals surface area contributed by atoms with Crippen molar-refractivity contribution in [3.8, 4) is 0 Å². The van der Waals surface area contributed by atoms with Crippen molar-refractivity contribution in [2.75, 3.05) is 0 Å². The van der Waals surface area contributed by atoms with Gasteiger partial charge in [0.05, 0.1) is 0 Å². The van der Waals surface area contributed by atoms with Gasteiger partial charge in [0.1, 0.15) is 0 Å². The third-order valence-electron chi connectivity index (χ3n) is 3.07. The van der Waals surface area contributed by atoms with Crippen molar-refractivity contribution in [1.82, 2.24) is 0 Å². The van der Waals surface area contributed by atoms with Crippen LogP contribution in [0.1, 0.15) is 77.0 Å². The summed E-state index contributed by atoms with van der Waals surface area (Å²) in [4.78, 5) is 0. The monoisotopic (exact) mass is 235 g/mol. The van der Waals surface area contributed by atoms with Crippen molar-refractivity contribution >= 4 is 0 Å². The molecule has 0 aliphatic heterocycles. The van der Waals surface area contributed by atoms with E-state index < -0.39 is 0 Å². The Morgan fingerprint density at radius 3 is 1.59 bits per heavy atom. The molecule has 0 N–H and O–H groups in total. The summed E-state index contributed by atoms with van der Waals surface area (Å²) in [5.41, 5.74) is 0. The molecule has 0 nitrogen and oxygen atoms in total. The Bertz CT molecular complexity index is 167. The van der Waals surface area contributed by atoms with Crippen molar-refractivity contribution < 1.29 is 0 Å². The van der Waals surface area contributed by atoms with Gasteiger partial charge in [-0.15, -0.1) is 6.58 Å². The van der Waals surface area contributed by atoms with E-state index in [1.807, 2.05) is 6.08 Å². The Kier molecular flexibility index (Phi) is 15.0. The first-order valence-corrected chi connectivity index (χ1v) is 7.47. The van der Waals surface area contributed by atoms with E-state index in [-0.39, 0.29) is 0 Å². The lowest BCUT2D eigenvalue weighted by molar-refractivity contribution is 0.583. The Labute approximate surface area is 109 Å². The second-order valence-electron chi connectivity index (χ2n) is 4.81. The molecule has 0 aromatic rings. The number of hydrogen-bond acceptors (Lipinski definition) is 0. The predicted molar refractivity (Wildman–Crippen MR) is 80.1 cm³/mol. The minimum atomic E-state index is 1.07. The fourth-order valence-corrected chi connectivity index (χ4v) is 1.93. The van der Waals surface area contributed by atoms with Gasteiger partial charge in [0, 0.05) is 0 Å². The highest BCUT2D eigenvalue weighted by Gasteiger charge is 1.90. The van der Waals surface area contributed by atoms with Gasteiger partial charge in [0.2, 0.25) is 0 Å². The standard InChI is InChI=1S/C17H31/c1-3-5-7-9-11-13-15-17-16-14-12-10-8-6-4-2/h3,10,12H,1-2,4-9,11,13-17H2/b12-10+. The van der Waals surface area contributed by atoms with Crippen LogP contribution in [0.3, 0.4) is 0 Å². The molecular weight excluding hydrogens is 204 g/mol. The molecule has 0 heteroatoms. The molecule has 1 radical (unpaired) electrons. The van der Waals surface area contributed by atoms with Crippen LogP contribution in [-0.2, 0) is 0 Å². The molecule has 0 aliphatic rings. The third-order valence-corrected chi connectivity index (χ3v) is 3.07. The van der Waals surface area contributed by atoms with Crippen LogP contribution in [0.5, 0.6) is 0 Å². The van der Waals surface area contributed by atoms with Crippen LogP contribution in [0.2, 0.25) is 0 Å². The molecule has 17 heavy (non-hydrogen) atoms. The largest absolute Gasteiger partial charge is 0.103 e. The van der Waals surface area contributed by atoms with Gasteiger partial charge in [0.15, 0.2) is 0 Å². The molecule has 0 rings (SSSR count). The smallest absolute Gasteiger partial charge is 0.0351 e. The lowest BCUT2D eigenvalue weighted by Gasteiger charge is -2.00. The highest BCUT2D eigenvalue weighted by atomic mass is 14.0. The molecule has 0 heterocycles. The maximum Gasteiger partial charge on any atom is -0.0351 e. The summed E-state index contributed by atoms with van der Waals surface area (Å²) in [6.07, 6.45) is 22.4. The van der Waals surface area contributed by atoms with Crippen LogP contribution in [0, 0.1) is 6.92 Å². The van der Waals surface area contributed by atoms with Crippen LogP contribution in [0.4, 0.5) is 0 Å². The zero-order valence-electron chi connectivity index (χ0n) is 11.6. The van der Waals surface area contributed by atoms with Gasteiger partial charge >= 0.3 is 0 Å². The maximum atomic E-state index is 3.84. The molecule has 0 aliphatic carbocycles. The molecule has 0 atom stereocenters. The number of unbranched alkanes of at least 4 members (excludes halogenated alkanes) is 10. The first kappa shape index (κ1) is 16.5. The van der Waals surface area contributed by atoms with Crippen LogP contribution in [0.25, 0.3) is 0 Å². The van der Waals surface area contributed by atoms with Gasteiger partial charge < -0.3 is 0 Å². The van der Waals surface area contributed by atoms with Crippen molar-refractivity contribution in [3.05, 3.63) is 31.7 Å². The summed E-state index contributed by atoms with van der Waals surface area (Å²) in [6, 6.07) is 0. The van der Waals surface area contributed by atoms with Crippen molar-refractivity contribution in [2.45, 2.75) is 77.0 Å². The Morgan fingerprint density at radius 1 is 0.588 bits per heavy atom. The molecule has 0 saturated carbocycles. The van der Waals surface area contributed by atoms with Crippen LogP contribution in [0.15, 0.2) is 24.8 Å². The van der Waals surface area contributed by atoms with Crippen molar-refractivity contribution in [3.63, 3.8) is 0 Å². The minimum Gasteiger partial charge on any atom is -0.103 e. The summed E-state index contributed by atoms with van der Waals surface area (Å²) < 4.78 is 0. The average Bonchev–Trinajstić information content (AvgIpc) is 2.35. The molecule has 0 spiro atoms. The van der Waals surface area contributed by atoms with Crippen LogP contribution >= 0.6 is 0 Å². The lowest BCUT2D eigenvalue weighted by atomic mass is 10.1. The molecule has 0 amide bonds. The quantitative estimate of drug-likeness (QED) is 0.262. The zero-order chi connectivity index (χ0) is 12.6. The molecular formula is C17H31. The second-order valence-corrected chi connectivity index (χ2v) is 4.81. The summed E-state index contributed by atoms with van der Waals surface area (Å²) in [5, 5.41) is 0. The normalized spacial score (nSPS) is 11.1. The number of allylic oxidation sites excluding steroid dienone is 3. The zero-order valence-corrected chi connectivity index (χ0v) is 11.6. The van der Waals surface area contributed by atoms with E-state index in [4.69, 9.17) is 0 Å². The van der Waals surface area contributed by atoms with E-state index in [0.717, 1.165) is 6.42 Å². The fraction of sp³-hybridized carbons (Fsp3) is 0.706. The molecule has 0 unspecified atom stereocenters. The van der Waals surface area contributed by atoms with E-state index in [0.29, 0.717) is 0 Å².